The van der Waals surface area contributed by atoms with Gasteiger partial charge in [0.05, 0.1) is 0 Å². The van der Waals surface area contributed by atoms with Crippen LogP contribution in [-0.4, -0.2) is 68.2 Å². The molecule has 0 aliphatic carbocycles. The highest BCUT2D eigenvalue weighted by Gasteiger charge is 2.28. The Morgan fingerprint density at radius 2 is 2.14 bits per heavy atom. The van der Waals surface area contributed by atoms with Crippen molar-refractivity contribution in [1.82, 2.24) is 35.3 Å². The summed E-state index contributed by atoms with van der Waals surface area (Å²) in [5.74, 6) is 2.08. The van der Waals surface area contributed by atoms with Gasteiger partial charge in [0.15, 0.2) is 5.82 Å². The van der Waals surface area contributed by atoms with Crippen LogP contribution in [-0.2, 0) is 6.54 Å². The van der Waals surface area contributed by atoms with Crippen molar-refractivity contribution in [3.63, 3.8) is 0 Å². The molecule has 2 aliphatic rings. The number of urea groups is 1. The number of rotatable bonds is 4. The number of hydrogen-bond donors (Lipinski definition) is 2. The smallest absolute Gasteiger partial charge is 0.317 e. The minimum atomic E-state index is 0.0674. The fourth-order valence-electron chi connectivity index (χ4n) is 4.22. The number of carbonyl (C=O) groups is 1. The number of amides is 2. The zero-order valence-corrected chi connectivity index (χ0v) is 16.5. The number of aryl methyl sites for hydroxylation is 1. The first-order valence-corrected chi connectivity index (χ1v) is 10.2. The number of piperidine rings is 2. The Kier molecular flexibility index (Phi) is 5.85. The van der Waals surface area contributed by atoms with E-state index in [4.69, 9.17) is 0 Å². The van der Waals surface area contributed by atoms with Crippen LogP contribution in [0.1, 0.15) is 48.8 Å². The average Bonchev–Trinajstić information content (AvgIpc) is 3.15. The van der Waals surface area contributed by atoms with Gasteiger partial charge in [0.1, 0.15) is 5.82 Å². The van der Waals surface area contributed by atoms with Crippen LogP contribution in [0.25, 0.3) is 0 Å². The van der Waals surface area contributed by atoms with Gasteiger partial charge in [-0.3, -0.25) is 15.0 Å². The highest BCUT2D eigenvalue weighted by Crippen LogP contribution is 2.25. The SMILES string of the molecule is Cc1nc(C2CCN(C(=O)NC3CCCN(Cc4cccnc4)C3)CC2)n[nH]1. The molecule has 0 radical (unpaired) electrons. The number of aromatic amines is 1. The molecule has 2 fully saturated rings. The summed E-state index contributed by atoms with van der Waals surface area (Å²) in [5, 5.41) is 10.4. The Bertz CT molecular complexity index is 770. The number of H-pyrrole nitrogens is 1. The largest absolute Gasteiger partial charge is 0.334 e. The maximum atomic E-state index is 12.7. The van der Waals surface area contributed by atoms with Crippen LogP contribution in [0.3, 0.4) is 0 Å². The molecular formula is C20H29N7O. The fourth-order valence-corrected chi connectivity index (χ4v) is 4.22. The minimum absolute atomic E-state index is 0.0674. The van der Waals surface area contributed by atoms with Crippen molar-refractivity contribution in [3.8, 4) is 0 Å². The van der Waals surface area contributed by atoms with E-state index >= 15 is 0 Å². The molecule has 0 aromatic carbocycles. The average molecular weight is 384 g/mol. The van der Waals surface area contributed by atoms with E-state index in [9.17, 15) is 4.79 Å². The number of hydrogen-bond acceptors (Lipinski definition) is 5. The lowest BCUT2D eigenvalue weighted by atomic mass is 9.96. The second kappa shape index (κ2) is 8.68. The van der Waals surface area contributed by atoms with Gasteiger partial charge in [-0.1, -0.05) is 6.07 Å². The molecule has 0 bridgehead atoms. The lowest BCUT2D eigenvalue weighted by molar-refractivity contribution is 0.154. The Morgan fingerprint density at radius 1 is 1.29 bits per heavy atom. The zero-order valence-electron chi connectivity index (χ0n) is 16.5. The number of likely N-dealkylation sites (tertiary alicyclic amines) is 2. The number of nitrogens with one attached hydrogen (secondary N) is 2. The van der Waals surface area contributed by atoms with Crippen molar-refractivity contribution >= 4 is 6.03 Å². The molecule has 0 spiro atoms. The molecule has 2 N–H and O–H groups in total. The van der Waals surface area contributed by atoms with Crippen molar-refractivity contribution in [2.75, 3.05) is 26.2 Å². The van der Waals surface area contributed by atoms with E-state index in [1.807, 2.05) is 24.1 Å². The third-order valence-corrected chi connectivity index (χ3v) is 5.72. The van der Waals surface area contributed by atoms with Crippen molar-refractivity contribution in [3.05, 3.63) is 41.7 Å². The first kappa shape index (κ1) is 18.9. The van der Waals surface area contributed by atoms with Gasteiger partial charge in [0.2, 0.25) is 0 Å². The van der Waals surface area contributed by atoms with Crippen LogP contribution >= 0.6 is 0 Å². The molecule has 2 aliphatic heterocycles. The summed E-state index contributed by atoms with van der Waals surface area (Å²) in [5.41, 5.74) is 1.22. The topological polar surface area (TPSA) is 90.0 Å². The Labute approximate surface area is 165 Å². The molecule has 1 unspecified atom stereocenters. The summed E-state index contributed by atoms with van der Waals surface area (Å²) in [4.78, 5) is 25.7. The summed E-state index contributed by atoms with van der Waals surface area (Å²) in [6, 6.07) is 4.36. The molecule has 150 valence electrons. The Hall–Kier alpha value is -2.48. The lowest BCUT2D eigenvalue weighted by Crippen LogP contribution is -2.52. The van der Waals surface area contributed by atoms with Gasteiger partial charge < -0.3 is 10.2 Å². The zero-order chi connectivity index (χ0) is 19.3. The summed E-state index contributed by atoms with van der Waals surface area (Å²) in [6.45, 7) is 6.30. The number of pyridine rings is 1. The third kappa shape index (κ3) is 4.67. The Morgan fingerprint density at radius 3 is 2.86 bits per heavy atom. The first-order chi connectivity index (χ1) is 13.7. The van der Waals surface area contributed by atoms with Gasteiger partial charge in [-0.25, -0.2) is 9.78 Å². The van der Waals surface area contributed by atoms with E-state index in [0.717, 1.165) is 70.1 Å². The van der Waals surface area contributed by atoms with Crippen molar-refractivity contribution in [2.45, 2.75) is 51.1 Å². The minimum Gasteiger partial charge on any atom is -0.334 e. The summed E-state index contributed by atoms with van der Waals surface area (Å²) in [6.07, 6.45) is 7.71. The van der Waals surface area contributed by atoms with Crippen LogP contribution in [0.4, 0.5) is 4.79 Å². The summed E-state index contributed by atoms with van der Waals surface area (Å²) < 4.78 is 0. The normalized spacial score (nSPS) is 21.6. The highest BCUT2D eigenvalue weighted by atomic mass is 16.2. The number of aromatic nitrogens is 4. The summed E-state index contributed by atoms with van der Waals surface area (Å²) in [7, 11) is 0. The molecule has 2 amide bonds. The predicted octanol–water partition coefficient (Wildman–Crippen LogP) is 2.06. The number of nitrogens with zero attached hydrogens (tertiary/aromatic N) is 5. The van der Waals surface area contributed by atoms with Crippen LogP contribution in [0.2, 0.25) is 0 Å². The van der Waals surface area contributed by atoms with Crippen LogP contribution in [0.5, 0.6) is 0 Å². The third-order valence-electron chi connectivity index (χ3n) is 5.72. The van der Waals surface area contributed by atoms with E-state index in [1.54, 1.807) is 6.20 Å². The molecule has 2 aromatic rings. The van der Waals surface area contributed by atoms with Gasteiger partial charge in [-0.2, -0.15) is 5.10 Å². The standard InChI is InChI=1S/C20H29N7O/c1-15-22-19(25-24-15)17-6-10-27(11-7-17)20(28)23-18-5-3-9-26(14-18)13-16-4-2-8-21-12-16/h2,4,8,12,17-18H,3,5-7,9-11,13-14H2,1H3,(H,23,28)(H,22,24,25). The van der Waals surface area contributed by atoms with Gasteiger partial charge >= 0.3 is 6.03 Å². The quantitative estimate of drug-likeness (QED) is 0.843. The van der Waals surface area contributed by atoms with E-state index in [1.165, 1.54) is 5.56 Å². The van der Waals surface area contributed by atoms with E-state index in [0.29, 0.717) is 5.92 Å². The van der Waals surface area contributed by atoms with Crippen molar-refractivity contribution in [2.24, 2.45) is 0 Å². The maximum absolute atomic E-state index is 12.7. The maximum Gasteiger partial charge on any atom is 0.317 e. The predicted molar refractivity (Wildman–Crippen MR) is 106 cm³/mol. The number of carbonyl (C=O) groups excluding carboxylic acids is 1. The van der Waals surface area contributed by atoms with E-state index in [-0.39, 0.29) is 12.1 Å². The van der Waals surface area contributed by atoms with E-state index < -0.39 is 0 Å². The van der Waals surface area contributed by atoms with Crippen molar-refractivity contribution < 1.29 is 4.79 Å². The summed E-state index contributed by atoms with van der Waals surface area (Å²) >= 11 is 0. The Balaban J connectivity index is 1.24. The molecule has 1 atom stereocenters. The molecule has 4 rings (SSSR count). The molecule has 0 saturated carbocycles. The lowest BCUT2D eigenvalue weighted by Gasteiger charge is -2.36. The van der Waals surface area contributed by atoms with Crippen LogP contribution in [0.15, 0.2) is 24.5 Å². The van der Waals surface area contributed by atoms with Gasteiger partial charge in [0.25, 0.3) is 0 Å². The molecular weight excluding hydrogens is 354 g/mol. The monoisotopic (exact) mass is 383 g/mol. The van der Waals surface area contributed by atoms with Crippen LogP contribution in [0, 0.1) is 6.92 Å². The van der Waals surface area contributed by atoms with Crippen molar-refractivity contribution in [1.29, 1.82) is 0 Å². The van der Waals surface area contributed by atoms with Gasteiger partial charge in [-0.15, -0.1) is 0 Å². The van der Waals surface area contributed by atoms with Gasteiger partial charge in [-0.05, 0) is 50.8 Å². The van der Waals surface area contributed by atoms with Crippen LogP contribution < -0.4 is 5.32 Å². The highest BCUT2D eigenvalue weighted by molar-refractivity contribution is 5.74. The molecule has 8 heteroatoms. The first-order valence-electron chi connectivity index (χ1n) is 10.2. The van der Waals surface area contributed by atoms with E-state index in [2.05, 4.69) is 36.4 Å². The second-order valence-electron chi connectivity index (χ2n) is 7.93. The fraction of sp³-hybridized carbons (Fsp3) is 0.600. The molecule has 4 heterocycles. The van der Waals surface area contributed by atoms with Gasteiger partial charge in [0, 0.05) is 50.5 Å². The molecule has 28 heavy (non-hydrogen) atoms. The molecule has 2 aromatic heterocycles. The molecule has 8 nitrogen and oxygen atoms in total. The second-order valence-corrected chi connectivity index (χ2v) is 7.93. The molecule has 2 saturated heterocycles.